The van der Waals surface area contributed by atoms with Crippen LogP contribution in [-0.4, -0.2) is 36.5 Å². The third kappa shape index (κ3) is 4.21. The van der Waals surface area contributed by atoms with Crippen molar-refractivity contribution in [2.24, 2.45) is 5.84 Å². The van der Waals surface area contributed by atoms with Gasteiger partial charge in [-0.05, 0) is 50.1 Å². The molecular formula is C15H23N3O2. The number of nitrogens with two attached hydrogens (primary N) is 1. The highest BCUT2D eigenvalue weighted by molar-refractivity contribution is 5.93. The van der Waals surface area contributed by atoms with Gasteiger partial charge in [0.1, 0.15) is 12.4 Å². The number of ether oxygens (including phenoxy) is 1. The van der Waals surface area contributed by atoms with Crippen LogP contribution in [0.5, 0.6) is 5.75 Å². The van der Waals surface area contributed by atoms with E-state index in [0.29, 0.717) is 12.2 Å². The second-order valence-corrected chi connectivity index (χ2v) is 5.11. The molecule has 1 aromatic carbocycles. The van der Waals surface area contributed by atoms with Crippen molar-refractivity contribution in [1.82, 2.24) is 10.3 Å². The zero-order valence-electron chi connectivity index (χ0n) is 12.0. The van der Waals surface area contributed by atoms with Crippen LogP contribution >= 0.6 is 0 Å². The number of carbonyl (C=O) groups is 1. The third-order valence-electron chi connectivity index (χ3n) is 3.47. The molecule has 110 valence electrons. The Bertz CT molecular complexity index is 429. The highest BCUT2D eigenvalue weighted by Gasteiger charge is 2.27. The van der Waals surface area contributed by atoms with Crippen LogP contribution in [0.1, 0.15) is 36.5 Å². The van der Waals surface area contributed by atoms with Crippen LogP contribution in [0.2, 0.25) is 0 Å². The second kappa shape index (κ2) is 7.26. The lowest BCUT2D eigenvalue weighted by Gasteiger charge is -2.21. The molecule has 0 unspecified atom stereocenters. The Morgan fingerprint density at radius 3 is 2.60 bits per heavy atom. The zero-order valence-corrected chi connectivity index (χ0v) is 12.0. The van der Waals surface area contributed by atoms with E-state index >= 15 is 0 Å². The van der Waals surface area contributed by atoms with Crippen LogP contribution in [0.4, 0.5) is 0 Å². The molecule has 5 heteroatoms. The molecule has 5 nitrogen and oxygen atoms in total. The Morgan fingerprint density at radius 1 is 1.35 bits per heavy atom. The molecule has 1 aliphatic rings. The smallest absolute Gasteiger partial charge is 0.265 e. The summed E-state index contributed by atoms with van der Waals surface area (Å²) >= 11 is 0. The number of rotatable bonds is 8. The van der Waals surface area contributed by atoms with E-state index in [-0.39, 0.29) is 5.91 Å². The number of hydrogen-bond donors (Lipinski definition) is 2. The Morgan fingerprint density at radius 2 is 2.05 bits per heavy atom. The summed E-state index contributed by atoms with van der Waals surface area (Å²) in [5, 5.41) is 0. The molecule has 1 aromatic rings. The predicted octanol–water partition coefficient (Wildman–Crippen LogP) is 1.54. The van der Waals surface area contributed by atoms with E-state index in [9.17, 15) is 4.79 Å². The molecule has 3 N–H and O–H groups in total. The average molecular weight is 277 g/mol. The van der Waals surface area contributed by atoms with Gasteiger partial charge in [-0.1, -0.05) is 6.92 Å². The molecule has 1 fully saturated rings. The van der Waals surface area contributed by atoms with Crippen molar-refractivity contribution < 1.29 is 9.53 Å². The number of benzene rings is 1. The molecule has 1 aliphatic carbocycles. The van der Waals surface area contributed by atoms with E-state index < -0.39 is 0 Å². The van der Waals surface area contributed by atoms with Gasteiger partial charge in [0.15, 0.2) is 0 Å². The van der Waals surface area contributed by atoms with E-state index in [4.69, 9.17) is 10.6 Å². The van der Waals surface area contributed by atoms with E-state index in [1.54, 1.807) is 24.3 Å². The highest BCUT2D eigenvalue weighted by Crippen LogP contribution is 2.26. The molecule has 0 saturated heterocycles. The third-order valence-corrected chi connectivity index (χ3v) is 3.47. The minimum Gasteiger partial charge on any atom is -0.492 e. The number of nitrogens with zero attached hydrogens (tertiary/aromatic N) is 1. The Kier molecular flexibility index (Phi) is 5.38. The Hall–Kier alpha value is -1.59. The van der Waals surface area contributed by atoms with Gasteiger partial charge in [-0.15, -0.1) is 0 Å². The predicted molar refractivity (Wildman–Crippen MR) is 78.5 cm³/mol. The first-order chi connectivity index (χ1) is 9.74. The van der Waals surface area contributed by atoms with Gasteiger partial charge in [-0.2, -0.15) is 0 Å². The van der Waals surface area contributed by atoms with Gasteiger partial charge >= 0.3 is 0 Å². The summed E-state index contributed by atoms with van der Waals surface area (Å²) in [7, 11) is 0. The molecular weight excluding hydrogens is 254 g/mol. The molecule has 0 radical (unpaired) electrons. The van der Waals surface area contributed by atoms with E-state index in [0.717, 1.165) is 24.9 Å². The van der Waals surface area contributed by atoms with Crippen LogP contribution in [0.25, 0.3) is 0 Å². The fourth-order valence-corrected chi connectivity index (χ4v) is 2.27. The van der Waals surface area contributed by atoms with Gasteiger partial charge in [-0.25, -0.2) is 5.84 Å². The minimum absolute atomic E-state index is 0.292. The molecule has 0 atom stereocenters. The number of hydrazine groups is 1. The quantitative estimate of drug-likeness (QED) is 0.430. The molecule has 20 heavy (non-hydrogen) atoms. The summed E-state index contributed by atoms with van der Waals surface area (Å²) in [6.45, 7) is 4.99. The van der Waals surface area contributed by atoms with Crippen molar-refractivity contribution in [3.63, 3.8) is 0 Å². The minimum atomic E-state index is -0.292. The summed E-state index contributed by atoms with van der Waals surface area (Å²) in [6.07, 6.45) is 3.82. The van der Waals surface area contributed by atoms with Crippen molar-refractivity contribution >= 4 is 5.91 Å². The van der Waals surface area contributed by atoms with Crippen LogP contribution in [0.3, 0.4) is 0 Å². The van der Waals surface area contributed by atoms with Gasteiger partial charge in [0.25, 0.3) is 5.91 Å². The van der Waals surface area contributed by atoms with Crippen molar-refractivity contribution in [2.75, 3.05) is 19.7 Å². The van der Waals surface area contributed by atoms with Crippen molar-refractivity contribution in [3.05, 3.63) is 29.8 Å². The summed E-state index contributed by atoms with van der Waals surface area (Å²) in [6, 6.07) is 7.79. The van der Waals surface area contributed by atoms with Gasteiger partial charge in [0.2, 0.25) is 0 Å². The monoisotopic (exact) mass is 277 g/mol. The molecule has 0 bridgehead atoms. The standard InChI is InChI=1S/C15H23N3O2/c1-2-9-18(13-5-6-13)10-11-20-14-7-3-12(4-8-14)15(19)17-16/h3-4,7-8,13H,2,5-6,9-11,16H2,1H3,(H,17,19). The maximum atomic E-state index is 11.3. The summed E-state index contributed by atoms with van der Waals surface area (Å²) in [5.74, 6) is 5.57. The number of amides is 1. The number of nitrogen functional groups attached to an aromatic ring is 1. The maximum absolute atomic E-state index is 11.3. The van der Waals surface area contributed by atoms with E-state index in [1.807, 2.05) is 0 Å². The molecule has 2 rings (SSSR count). The fraction of sp³-hybridized carbons (Fsp3) is 0.533. The Balaban J connectivity index is 1.77. The topological polar surface area (TPSA) is 67.6 Å². The maximum Gasteiger partial charge on any atom is 0.265 e. The van der Waals surface area contributed by atoms with E-state index in [1.165, 1.54) is 19.3 Å². The Labute approximate surface area is 120 Å². The molecule has 0 spiro atoms. The largest absolute Gasteiger partial charge is 0.492 e. The van der Waals surface area contributed by atoms with Crippen LogP contribution in [0, 0.1) is 0 Å². The van der Waals surface area contributed by atoms with Crippen LogP contribution in [-0.2, 0) is 0 Å². The van der Waals surface area contributed by atoms with Crippen molar-refractivity contribution in [1.29, 1.82) is 0 Å². The molecule has 1 saturated carbocycles. The van der Waals surface area contributed by atoms with Crippen LogP contribution < -0.4 is 16.0 Å². The first-order valence-corrected chi connectivity index (χ1v) is 7.22. The zero-order chi connectivity index (χ0) is 14.4. The normalized spacial score (nSPS) is 14.3. The van der Waals surface area contributed by atoms with Gasteiger partial charge in [0, 0.05) is 18.2 Å². The lowest BCUT2D eigenvalue weighted by molar-refractivity contribution is 0.0953. The highest BCUT2D eigenvalue weighted by atomic mass is 16.5. The number of carbonyl (C=O) groups excluding carboxylic acids is 1. The summed E-state index contributed by atoms with van der Waals surface area (Å²) < 4.78 is 5.72. The lowest BCUT2D eigenvalue weighted by atomic mass is 10.2. The summed E-state index contributed by atoms with van der Waals surface area (Å²) in [5.41, 5.74) is 2.64. The molecule has 1 amide bonds. The van der Waals surface area contributed by atoms with Crippen molar-refractivity contribution in [3.8, 4) is 5.75 Å². The average Bonchev–Trinajstić information content (AvgIpc) is 3.31. The van der Waals surface area contributed by atoms with Crippen LogP contribution in [0.15, 0.2) is 24.3 Å². The van der Waals surface area contributed by atoms with Gasteiger partial charge < -0.3 is 4.74 Å². The van der Waals surface area contributed by atoms with Gasteiger partial charge in [-0.3, -0.25) is 15.1 Å². The van der Waals surface area contributed by atoms with Crippen molar-refractivity contribution in [2.45, 2.75) is 32.2 Å². The van der Waals surface area contributed by atoms with E-state index in [2.05, 4.69) is 17.2 Å². The fourth-order valence-electron chi connectivity index (χ4n) is 2.27. The second-order valence-electron chi connectivity index (χ2n) is 5.11. The first-order valence-electron chi connectivity index (χ1n) is 7.22. The molecule has 0 aromatic heterocycles. The molecule has 0 aliphatic heterocycles. The summed E-state index contributed by atoms with van der Waals surface area (Å²) in [4.78, 5) is 13.8. The van der Waals surface area contributed by atoms with Gasteiger partial charge in [0.05, 0.1) is 0 Å². The first kappa shape index (κ1) is 14.8. The lowest BCUT2D eigenvalue weighted by Crippen LogP contribution is -2.31. The SMILES string of the molecule is CCCN(CCOc1ccc(C(=O)NN)cc1)C1CC1. The number of hydrogen-bond acceptors (Lipinski definition) is 4. The molecule has 0 heterocycles. The number of nitrogens with one attached hydrogen (secondary N) is 1.